The number of amides is 3. The molecule has 0 aliphatic carbocycles. The summed E-state index contributed by atoms with van der Waals surface area (Å²) < 4.78 is 27.3. The average molecular weight is 416 g/mol. The first-order valence-electron chi connectivity index (χ1n) is 9.49. The van der Waals surface area contributed by atoms with E-state index in [0.717, 1.165) is 21.9 Å². The van der Waals surface area contributed by atoms with Crippen molar-refractivity contribution in [2.45, 2.75) is 45.1 Å². The summed E-state index contributed by atoms with van der Waals surface area (Å²) in [6.45, 7) is 7.31. The fourth-order valence-electron chi connectivity index (χ4n) is 3.13. The first-order valence-corrected chi connectivity index (χ1v) is 10.9. The minimum atomic E-state index is -4.10. The summed E-state index contributed by atoms with van der Waals surface area (Å²) in [5, 5.41) is 2.82. The highest BCUT2D eigenvalue weighted by atomic mass is 32.2. The standard InChI is InChI=1S/C21H25N3O4S/c1-5-16(4)22-20(25)13-23-18-8-6-7-9-19(18)29(27,28)24(21(23)26)17-11-10-14(2)15(3)12-17/h6-12,16H,5,13H2,1-4H3,(H,22,25)/t16-/m0/s1. The van der Waals surface area contributed by atoms with Crippen molar-refractivity contribution >= 4 is 33.3 Å². The van der Waals surface area contributed by atoms with Gasteiger partial charge < -0.3 is 5.32 Å². The Morgan fingerprint density at radius 1 is 1.10 bits per heavy atom. The van der Waals surface area contributed by atoms with Crippen LogP contribution >= 0.6 is 0 Å². The summed E-state index contributed by atoms with van der Waals surface area (Å²) in [5.41, 5.74) is 2.31. The van der Waals surface area contributed by atoms with Crippen LogP contribution in [0, 0.1) is 13.8 Å². The molecule has 1 aliphatic rings. The largest absolute Gasteiger partial charge is 0.352 e. The number of carbonyl (C=O) groups is 2. The molecule has 7 nitrogen and oxygen atoms in total. The fraction of sp³-hybridized carbons (Fsp3) is 0.333. The van der Waals surface area contributed by atoms with Crippen LogP contribution in [0.3, 0.4) is 0 Å². The molecule has 0 saturated carbocycles. The maximum Gasteiger partial charge on any atom is 0.343 e. The summed E-state index contributed by atoms with van der Waals surface area (Å²) >= 11 is 0. The van der Waals surface area contributed by atoms with E-state index in [4.69, 9.17) is 0 Å². The van der Waals surface area contributed by atoms with Gasteiger partial charge in [0.25, 0.3) is 10.0 Å². The van der Waals surface area contributed by atoms with Gasteiger partial charge >= 0.3 is 6.03 Å². The van der Waals surface area contributed by atoms with Crippen molar-refractivity contribution in [2.75, 3.05) is 15.7 Å². The van der Waals surface area contributed by atoms with Crippen LogP contribution in [0.1, 0.15) is 31.4 Å². The van der Waals surface area contributed by atoms with Gasteiger partial charge in [-0.25, -0.2) is 13.2 Å². The van der Waals surface area contributed by atoms with Crippen LogP contribution in [0.2, 0.25) is 0 Å². The van der Waals surface area contributed by atoms with E-state index in [1.807, 2.05) is 27.7 Å². The highest BCUT2D eigenvalue weighted by molar-refractivity contribution is 7.94. The average Bonchev–Trinajstić information content (AvgIpc) is 2.67. The Morgan fingerprint density at radius 2 is 1.79 bits per heavy atom. The van der Waals surface area contributed by atoms with Gasteiger partial charge in [-0.05, 0) is 62.6 Å². The number of benzene rings is 2. The summed E-state index contributed by atoms with van der Waals surface area (Å²) in [4.78, 5) is 27.0. The van der Waals surface area contributed by atoms with E-state index in [9.17, 15) is 18.0 Å². The molecule has 8 heteroatoms. The molecule has 29 heavy (non-hydrogen) atoms. The Kier molecular flexibility index (Phi) is 5.66. The molecule has 0 spiro atoms. The molecule has 0 bridgehead atoms. The van der Waals surface area contributed by atoms with Crippen LogP contribution in [0.4, 0.5) is 16.2 Å². The second-order valence-corrected chi connectivity index (χ2v) is 9.01. The van der Waals surface area contributed by atoms with E-state index in [1.54, 1.807) is 36.4 Å². The molecule has 2 aromatic rings. The Balaban J connectivity index is 2.09. The van der Waals surface area contributed by atoms with Crippen molar-refractivity contribution in [2.24, 2.45) is 0 Å². The van der Waals surface area contributed by atoms with Gasteiger partial charge in [-0.2, -0.15) is 4.31 Å². The molecule has 1 heterocycles. The van der Waals surface area contributed by atoms with Gasteiger partial charge in [-0.1, -0.05) is 25.1 Å². The highest BCUT2D eigenvalue weighted by Gasteiger charge is 2.43. The van der Waals surface area contributed by atoms with Crippen LogP contribution in [0.25, 0.3) is 0 Å². The lowest BCUT2D eigenvalue weighted by atomic mass is 10.1. The lowest BCUT2D eigenvalue weighted by Crippen LogP contribution is -2.54. The zero-order chi connectivity index (χ0) is 21.3. The molecule has 3 rings (SSSR count). The number of anilines is 2. The van der Waals surface area contributed by atoms with Crippen LogP contribution in [0.5, 0.6) is 0 Å². The third-order valence-electron chi connectivity index (χ3n) is 5.13. The SMILES string of the molecule is CC[C@H](C)NC(=O)CN1C(=O)N(c2ccc(C)c(C)c2)S(=O)(=O)c2ccccc21. The quantitative estimate of drug-likeness (QED) is 0.811. The van der Waals surface area contributed by atoms with Crippen molar-refractivity contribution in [3.8, 4) is 0 Å². The molecule has 1 N–H and O–H groups in total. The maximum atomic E-state index is 13.3. The summed E-state index contributed by atoms with van der Waals surface area (Å²) in [6.07, 6.45) is 0.749. The number of urea groups is 1. The maximum absolute atomic E-state index is 13.3. The number of aryl methyl sites for hydroxylation is 2. The Labute approximate surface area is 171 Å². The molecular weight excluding hydrogens is 390 g/mol. The second-order valence-electron chi connectivity index (χ2n) is 7.25. The molecule has 1 aliphatic heterocycles. The summed E-state index contributed by atoms with van der Waals surface area (Å²) in [7, 11) is -4.10. The number of hydrogen-bond acceptors (Lipinski definition) is 4. The molecule has 0 radical (unpaired) electrons. The van der Waals surface area contributed by atoms with E-state index in [0.29, 0.717) is 0 Å². The lowest BCUT2D eigenvalue weighted by molar-refractivity contribution is -0.120. The van der Waals surface area contributed by atoms with E-state index >= 15 is 0 Å². The zero-order valence-corrected chi connectivity index (χ0v) is 17.8. The molecule has 1 atom stereocenters. The van der Waals surface area contributed by atoms with Gasteiger partial charge in [0.05, 0.1) is 11.4 Å². The Bertz CT molecular complexity index is 1070. The first kappa shape index (κ1) is 20.9. The van der Waals surface area contributed by atoms with E-state index in [1.165, 1.54) is 11.0 Å². The number of para-hydroxylation sites is 1. The molecule has 0 fully saturated rings. The molecule has 0 aromatic heterocycles. The number of sulfonamides is 1. The lowest BCUT2D eigenvalue weighted by Gasteiger charge is -2.36. The molecule has 0 unspecified atom stereocenters. The van der Waals surface area contributed by atoms with E-state index in [2.05, 4.69) is 5.32 Å². The minimum Gasteiger partial charge on any atom is -0.352 e. The van der Waals surface area contributed by atoms with E-state index in [-0.39, 0.29) is 34.8 Å². The zero-order valence-electron chi connectivity index (χ0n) is 17.0. The van der Waals surface area contributed by atoms with Gasteiger partial charge in [-0.15, -0.1) is 0 Å². The second kappa shape index (κ2) is 7.87. The number of nitrogens with one attached hydrogen (secondary N) is 1. The van der Waals surface area contributed by atoms with Crippen LogP contribution < -0.4 is 14.5 Å². The topological polar surface area (TPSA) is 86.8 Å². The Morgan fingerprint density at radius 3 is 2.45 bits per heavy atom. The van der Waals surface area contributed by atoms with Crippen molar-refractivity contribution in [3.63, 3.8) is 0 Å². The van der Waals surface area contributed by atoms with Crippen LogP contribution in [-0.2, 0) is 14.8 Å². The normalized spacial score (nSPS) is 16.3. The molecule has 2 aromatic carbocycles. The summed E-state index contributed by atoms with van der Waals surface area (Å²) in [6, 6.07) is 10.5. The number of fused-ring (bicyclic) bond motifs is 1. The smallest absolute Gasteiger partial charge is 0.343 e. The predicted octanol–water partition coefficient (Wildman–Crippen LogP) is 3.35. The van der Waals surface area contributed by atoms with Gasteiger partial charge in [0, 0.05) is 6.04 Å². The third kappa shape index (κ3) is 3.85. The monoisotopic (exact) mass is 415 g/mol. The van der Waals surface area contributed by atoms with Crippen LogP contribution in [0.15, 0.2) is 47.4 Å². The third-order valence-corrected chi connectivity index (χ3v) is 6.87. The van der Waals surface area contributed by atoms with Gasteiger partial charge in [-0.3, -0.25) is 9.69 Å². The van der Waals surface area contributed by atoms with Gasteiger partial charge in [0.1, 0.15) is 11.4 Å². The summed E-state index contributed by atoms with van der Waals surface area (Å²) in [5.74, 6) is -0.346. The van der Waals surface area contributed by atoms with Crippen molar-refractivity contribution < 1.29 is 18.0 Å². The number of carbonyl (C=O) groups excluding carboxylic acids is 2. The number of hydrogen-bond donors (Lipinski definition) is 1. The van der Waals surface area contributed by atoms with E-state index < -0.39 is 16.1 Å². The van der Waals surface area contributed by atoms with Gasteiger partial charge in [0.2, 0.25) is 5.91 Å². The predicted molar refractivity (Wildman–Crippen MR) is 113 cm³/mol. The molecule has 3 amide bonds. The van der Waals surface area contributed by atoms with Crippen molar-refractivity contribution in [1.82, 2.24) is 5.32 Å². The molecular formula is C21H25N3O4S. The Hall–Kier alpha value is -2.87. The van der Waals surface area contributed by atoms with Crippen molar-refractivity contribution in [1.29, 1.82) is 0 Å². The van der Waals surface area contributed by atoms with Crippen LogP contribution in [-0.4, -0.2) is 32.9 Å². The molecule has 0 saturated heterocycles. The fourth-order valence-corrected chi connectivity index (χ4v) is 4.72. The van der Waals surface area contributed by atoms with Crippen molar-refractivity contribution in [3.05, 3.63) is 53.6 Å². The molecule has 154 valence electrons. The van der Waals surface area contributed by atoms with Gasteiger partial charge in [0.15, 0.2) is 0 Å². The number of rotatable bonds is 5. The number of nitrogens with zero attached hydrogens (tertiary/aromatic N) is 2. The highest BCUT2D eigenvalue weighted by Crippen LogP contribution is 2.37. The minimum absolute atomic E-state index is 0.00540. The first-order chi connectivity index (χ1) is 13.7.